The van der Waals surface area contributed by atoms with Gasteiger partial charge in [0.25, 0.3) is 0 Å². The van der Waals surface area contributed by atoms with E-state index in [1.807, 2.05) is 52.9 Å². The quantitative estimate of drug-likeness (QED) is 0.780. The summed E-state index contributed by atoms with van der Waals surface area (Å²) in [6.45, 7) is 9.87. The monoisotopic (exact) mass is 361 g/mol. The van der Waals surface area contributed by atoms with Crippen molar-refractivity contribution in [3.63, 3.8) is 0 Å². The van der Waals surface area contributed by atoms with Crippen LogP contribution >= 0.6 is 0 Å². The third-order valence-corrected chi connectivity index (χ3v) is 4.95. The predicted octanol–water partition coefficient (Wildman–Crippen LogP) is 3.38. The highest BCUT2D eigenvalue weighted by molar-refractivity contribution is 5.83. The Balaban J connectivity index is 1.92. The van der Waals surface area contributed by atoms with Gasteiger partial charge in [0.2, 0.25) is 5.91 Å². The zero-order valence-corrected chi connectivity index (χ0v) is 16.5. The normalized spacial score (nSPS) is 19.6. The molecule has 1 fully saturated rings. The molecule has 0 aliphatic heterocycles. The van der Waals surface area contributed by atoms with Crippen LogP contribution in [0.15, 0.2) is 24.5 Å². The van der Waals surface area contributed by atoms with Gasteiger partial charge in [0.15, 0.2) is 0 Å². The van der Waals surface area contributed by atoms with Gasteiger partial charge < -0.3 is 15.4 Å². The van der Waals surface area contributed by atoms with Crippen molar-refractivity contribution < 1.29 is 14.3 Å². The SMILES string of the molecule is CCC(CC)(CNC(=O)OC(C)(C)C)NC(=O)C1CC1c1cccnc1. The zero-order chi connectivity index (χ0) is 19.4. The second-order valence-corrected chi connectivity index (χ2v) is 8.07. The van der Waals surface area contributed by atoms with Gasteiger partial charge in [-0.15, -0.1) is 0 Å². The first-order valence-electron chi connectivity index (χ1n) is 9.38. The lowest BCUT2D eigenvalue weighted by Crippen LogP contribution is -2.55. The Morgan fingerprint density at radius 2 is 1.96 bits per heavy atom. The van der Waals surface area contributed by atoms with Crippen LogP contribution in [0.5, 0.6) is 0 Å². The topological polar surface area (TPSA) is 80.3 Å². The largest absolute Gasteiger partial charge is 0.444 e. The van der Waals surface area contributed by atoms with E-state index in [1.165, 1.54) is 0 Å². The summed E-state index contributed by atoms with van der Waals surface area (Å²) in [5.74, 6) is 0.278. The molecule has 1 aromatic heterocycles. The highest BCUT2D eigenvalue weighted by Crippen LogP contribution is 2.47. The smallest absolute Gasteiger partial charge is 0.407 e. The van der Waals surface area contributed by atoms with Gasteiger partial charge in [-0.25, -0.2) is 4.79 Å². The molecule has 0 bridgehead atoms. The number of rotatable bonds is 7. The predicted molar refractivity (Wildman–Crippen MR) is 101 cm³/mol. The van der Waals surface area contributed by atoms with Crippen molar-refractivity contribution >= 4 is 12.0 Å². The minimum Gasteiger partial charge on any atom is -0.444 e. The summed E-state index contributed by atoms with van der Waals surface area (Å²) in [6, 6.07) is 3.91. The van der Waals surface area contributed by atoms with Crippen LogP contribution in [0.2, 0.25) is 0 Å². The van der Waals surface area contributed by atoms with E-state index in [4.69, 9.17) is 4.74 Å². The van der Waals surface area contributed by atoms with Gasteiger partial charge in [-0.3, -0.25) is 9.78 Å². The van der Waals surface area contributed by atoms with Gasteiger partial charge >= 0.3 is 6.09 Å². The molecule has 1 saturated carbocycles. The minimum absolute atomic E-state index is 0.0156. The number of nitrogens with zero attached hydrogens (tertiary/aromatic N) is 1. The van der Waals surface area contributed by atoms with Crippen LogP contribution in [-0.4, -0.2) is 34.7 Å². The number of hydrogen-bond donors (Lipinski definition) is 2. The first-order chi connectivity index (χ1) is 12.2. The van der Waals surface area contributed by atoms with Gasteiger partial charge in [-0.05, 0) is 57.6 Å². The number of alkyl carbamates (subject to hydrolysis) is 1. The van der Waals surface area contributed by atoms with E-state index >= 15 is 0 Å². The molecule has 26 heavy (non-hydrogen) atoms. The van der Waals surface area contributed by atoms with Gasteiger partial charge in [-0.2, -0.15) is 0 Å². The average Bonchev–Trinajstić information content (AvgIpc) is 3.39. The Labute approximate surface area is 156 Å². The van der Waals surface area contributed by atoms with Crippen LogP contribution in [0.3, 0.4) is 0 Å². The third-order valence-electron chi connectivity index (χ3n) is 4.95. The van der Waals surface area contributed by atoms with E-state index in [2.05, 4.69) is 15.6 Å². The number of ether oxygens (including phenoxy) is 1. The average molecular weight is 361 g/mol. The summed E-state index contributed by atoms with van der Waals surface area (Å²) in [5, 5.41) is 5.98. The maximum Gasteiger partial charge on any atom is 0.407 e. The summed E-state index contributed by atoms with van der Waals surface area (Å²) >= 11 is 0. The number of carbonyl (C=O) groups is 2. The summed E-state index contributed by atoms with van der Waals surface area (Å²) in [4.78, 5) is 28.8. The highest BCUT2D eigenvalue weighted by atomic mass is 16.6. The lowest BCUT2D eigenvalue weighted by molar-refractivity contribution is -0.124. The van der Waals surface area contributed by atoms with Crippen LogP contribution in [0, 0.1) is 5.92 Å². The van der Waals surface area contributed by atoms with Gasteiger partial charge in [0.1, 0.15) is 5.60 Å². The maximum atomic E-state index is 12.7. The molecule has 2 N–H and O–H groups in total. The fourth-order valence-electron chi connectivity index (χ4n) is 3.08. The van der Waals surface area contributed by atoms with Gasteiger partial charge in [0.05, 0.1) is 5.54 Å². The fourth-order valence-corrected chi connectivity index (χ4v) is 3.08. The Morgan fingerprint density at radius 1 is 1.27 bits per heavy atom. The van der Waals surface area contributed by atoms with Gasteiger partial charge in [-0.1, -0.05) is 19.9 Å². The number of pyridine rings is 1. The van der Waals surface area contributed by atoms with Crippen LogP contribution in [0.1, 0.15) is 65.4 Å². The summed E-state index contributed by atoms with van der Waals surface area (Å²) in [7, 11) is 0. The van der Waals surface area contributed by atoms with E-state index in [1.54, 1.807) is 6.20 Å². The van der Waals surface area contributed by atoms with Crippen LogP contribution in [-0.2, 0) is 9.53 Å². The van der Waals surface area contributed by atoms with Crippen LogP contribution in [0.4, 0.5) is 4.79 Å². The molecule has 6 heteroatoms. The molecule has 1 aliphatic rings. The molecule has 2 rings (SSSR count). The molecule has 0 aromatic carbocycles. The zero-order valence-electron chi connectivity index (χ0n) is 16.5. The maximum absolute atomic E-state index is 12.7. The van der Waals surface area contributed by atoms with Crippen LogP contribution in [0.25, 0.3) is 0 Å². The van der Waals surface area contributed by atoms with E-state index in [0.717, 1.165) is 24.8 Å². The summed E-state index contributed by atoms with van der Waals surface area (Å²) in [5.41, 5.74) is 0.105. The first-order valence-corrected chi connectivity index (χ1v) is 9.38. The summed E-state index contributed by atoms with van der Waals surface area (Å²) in [6.07, 6.45) is 5.42. The standard InChI is InChI=1S/C20H31N3O3/c1-6-20(7-2,13-22-18(25)26-19(3,4)5)23-17(24)16-11-15(16)14-9-8-10-21-12-14/h8-10,12,15-16H,6-7,11,13H2,1-5H3,(H,22,25)(H,23,24). The Hall–Kier alpha value is -2.11. The molecular formula is C20H31N3O3. The van der Waals surface area contributed by atoms with Crippen molar-refractivity contribution in [2.24, 2.45) is 5.92 Å². The first kappa shape index (κ1) is 20.2. The molecule has 6 nitrogen and oxygen atoms in total. The molecular weight excluding hydrogens is 330 g/mol. The molecule has 0 saturated heterocycles. The molecule has 1 aliphatic carbocycles. The van der Waals surface area contributed by atoms with Gasteiger partial charge in [0, 0.05) is 24.9 Å². The molecule has 2 amide bonds. The minimum atomic E-state index is -0.542. The number of hydrogen-bond acceptors (Lipinski definition) is 4. The van der Waals surface area contributed by atoms with E-state index in [9.17, 15) is 9.59 Å². The molecule has 144 valence electrons. The number of carbonyl (C=O) groups excluding carboxylic acids is 2. The Kier molecular flexibility index (Phi) is 6.26. The second-order valence-electron chi connectivity index (χ2n) is 8.07. The van der Waals surface area contributed by atoms with Crippen molar-refractivity contribution in [3.05, 3.63) is 30.1 Å². The van der Waals surface area contributed by atoms with Crippen molar-refractivity contribution in [1.29, 1.82) is 0 Å². The van der Waals surface area contributed by atoms with Crippen LogP contribution < -0.4 is 10.6 Å². The lowest BCUT2D eigenvalue weighted by Gasteiger charge is -2.33. The number of aromatic nitrogens is 1. The Morgan fingerprint density at radius 3 is 2.50 bits per heavy atom. The second kappa shape index (κ2) is 8.06. The van der Waals surface area contributed by atoms with E-state index < -0.39 is 17.2 Å². The van der Waals surface area contributed by atoms with Crippen molar-refractivity contribution in [2.75, 3.05) is 6.54 Å². The molecule has 1 aromatic rings. The molecule has 1 heterocycles. The fraction of sp³-hybridized carbons (Fsp3) is 0.650. The number of amides is 2. The van der Waals surface area contributed by atoms with Crippen molar-refractivity contribution in [2.45, 2.75) is 70.9 Å². The number of nitrogens with one attached hydrogen (secondary N) is 2. The van der Waals surface area contributed by atoms with E-state index in [0.29, 0.717) is 6.54 Å². The molecule has 2 atom stereocenters. The molecule has 2 unspecified atom stereocenters. The lowest BCUT2D eigenvalue weighted by atomic mass is 9.92. The molecule has 0 spiro atoms. The third kappa shape index (κ3) is 5.44. The molecule has 0 radical (unpaired) electrons. The van der Waals surface area contributed by atoms with Crippen molar-refractivity contribution in [1.82, 2.24) is 15.6 Å². The van der Waals surface area contributed by atoms with E-state index in [-0.39, 0.29) is 17.7 Å². The highest BCUT2D eigenvalue weighted by Gasteiger charge is 2.46. The summed E-state index contributed by atoms with van der Waals surface area (Å²) < 4.78 is 5.29. The van der Waals surface area contributed by atoms with Crippen molar-refractivity contribution in [3.8, 4) is 0 Å². The Bertz CT molecular complexity index is 621.